The molecule has 138 valence electrons. The predicted octanol–water partition coefficient (Wildman–Crippen LogP) is 1.19. The number of aromatic amines is 1. The second-order valence-electron chi connectivity index (χ2n) is 3.68. The molecule has 2 aromatic rings. The molecule has 1 heterocycles. The Bertz CT molecular complexity index is 475. The van der Waals surface area contributed by atoms with Gasteiger partial charge in [0.15, 0.2) is 0 Å². The molecule has 9 nitrogen and oxygen atoms in total. The second-order valence-corrected chi connectivity index (χ2v) is 3.68. The highest BCUT2D eigenvalue weighted by molar-refractivity contribution is 5.26. The number of nitrogens with one attached hydrogen (secondary N) is 3. The van der Waals surface area contributed by atoms with E-state index in [9.17, 15) is 0 Å². The number of H-pyrrole nitrogens is 1. The zero-order valence-corrected chi connectivity index (χ0v) is 14.0. The fraction of sp³-hybridized carbons (Fsp3) is 0.312. The summed E-state index contributed by atoms with van der Waals surface area (Å²) in [6.07, 6.45) is 6.58. The van der Waals surface area contributed by atoms with Gasteiger partial charge in [-0.15, -0.1) is 0 Å². The predicted molar refractivity (Wildman–Crippen MR) is 91.6 cm³/mol. The Morgan fingerprint density at radius 2 is 1.56 bits per heavy atom. The van der Waals surface area contributed by atoms with Gasteiger partial charge in [0.2, 0.25) is 12.2 Å². The summed E-state index contributed by atoms with van der Waals surface area (Å²) < 4.78 is 4.63. The molecule has 0 aliphatic rings. The van der Waals surface area contributed by atoms with Crippen molar-refractivity contribution < 1.29 is 24.5 Å². The Balaban J connectivity index is -0.000000254. The van der Waals surface area contributed by atoms with Crippen LogP contribution in [0.5, 0.6) is 0 Å². The highest BCUT2D eigenvalue weighted by atomic mass is 16.5. The lowest BCUT2D eigenvalue weighted by atomic mass is 10.2. The molecule has 0 spiro atoms. The summed E-state index contributed by atoms with van der Waals surface area (Å²) >= 11 is 0. The number of aromatic nitrogens is 2. The van der Waals surface area contributed by atoms with Crippen molar-refractivity contribution in [3.8, 4) is 0 Å². The molecule has 0 atom stereocenters. The van der Waals surface area contributed by atoms with E-state index in [2.05, 4.69) is 33.8 Å². The fourth-order valence-electron chi connectivity index (χ4n) is 0.981. The highest BCUT2D eigenvalue weighted by Gasteiger charge is 1.79. The number of carbonyl (C=O) groups excluding carboxylic acids is 2. The van der Waals surface area contributed by atoms with Crippen LogP contribution < -0.4 is 0 Å². The molecule has 9 heteroatoms. The first kappa shape index (κ1) is 26.9. The minimum Gasteiger partial charge on any atom is -0.394 e. The number of rotatable bonds is 4. The Hall–Kier alpha value is -2.93. The van der Waals surface area contributed by atoms with Crippen LogP contribution in [0.4, 0.5) is 0 Å². The molecule has 0 radical (unpaired) electrons. The van der Waals surface area contributed by atoms with Gasteiger partial charge in [0.05, 0.1) is 32.8 Å². The summed E-state index contributed by atoms with van der Waals surface area (Å²) in [7, 11) is 0. The molecule has 1 aromatic carbocycles. The first-order chi connectivity index (χ1) is 12.1. The van der Waals surface area contributed by atoms with Crippen molar-refractivity contribution in [2.75, 3.05) is 26.4 Å². The first-order valence-corrected chi connectivity index (χ1v) is 6.96. The summed E-state index contributed by atoms with van der Waals surface area (Å²) in [4.78, 5) is 23.1. The molecule has 0 amide bonds. The van der Waals surface area contributed by atoms with E-state index in [0.29, 0.717) is 13.2 Å². The van der Waals surface area contributed by atoms with E-state index in [0.717, 1.165) is 12.2 Å². The van der Waals surface area contributed by atoms with Gasteiger partial charge in [-0.05, 0) is 6.92 Å². The standard InChI is InChI=1S/C7H8.C4H10O3.C3H4N2.2CHNO/c1-7-5-3-2-4-6-7;5-1-3-7-4-2-6;1-2-5-3-4-1;2*2-1-3/h2-6H,1H3;5-6H,1-4H2;1-3H,(H,4,5);2*2H. The van der Waals surface area contributed by atoms with E-state index < -0.39 is 0 Å². The third-order valence-corrected chi connectivity index (χ3v) is 1.82. The Morgan fingerprint density at radius 1 is 1.08 bits per heavy atom. The van der Waals surface area contributed by atoms with E-state index in [1.807, 2.05) is 18.2 Å². The molecule has 0 saturated carbocycles. The average molecular weight is 352 g/mol. The van der Waals surface area contributed by atoms with E-state index in [-0.39, 0.29) is 13.2 Å². The number of ether oxygens (including phenoxy) is 1. The monoisotopic (exact) mass is 352 g/mol. The van der Waals surface area contributed by atoms with Gasteiger partial charge in [0.25, 0.3) is 0 Å². The van der Waals surface area contributed by atoms with Crippen LogP contribution in [-0.4, -0.2) is 58.8 Å². The van der Waals surface area contributed by atoms with Crippen LogP contribution in [0.3, 0.4) is 0 Å². The number of imidazole rings is 1. The minimum absolute atomic E-state index is 0.0278. The molecule has 5 N–H and O–H groups in total. The highest BCUT2D eigenvalue weighted by Crippen LogP contribution is 1.92. The number of benzene rings is 1. The van der Waals surface area contributed by atoms with Gasteiger partial charge >= 0.3 is 0 Å². The fourth-order valence-corrected chi connectivity index (χ4v) is 0.981. The van der Waals surface area contributed by atoms with Crippen LogP contribution in [0, 0.1) is 17.7 Å². The summed E-state index contributed by atoms with van der Waals surface area (Å²) in [6.45, 7) is 2.78. The molecule has 25 heavy (non-hydrogen) atoms. The van der Waals surface area contributed by atoms with Crippen molar-refractivity contribution in [2.45, 2.75) is 6.92 Å². The number of isocyanates is 2. The maximum atomic E-state index is 8.35. The molecule has 0 bridgehead atoms. The van der Waals surface area contributed by atoms with E-state index >= 15 is 0 Å². The Labute approximate surface area is 146 Å². The van der Waals surface area contributed by atoms with Crippen LogP contribution in [-0.2, 0) is 14.3 Å². The lowest BCUT2D eigenvalue weighted by Gasteiger charge is -1.94. The lowest BCUT2D eigenvalue weighted by Crippen LogP contribution is -2.03. The van der Waals surface area contributed by atoms with Crippen LogP contribution in [0.1, 0.15) is 5.56 Å². The van der Waals surface area contributed by atoms with Crippen molar-refractivity contribution in [1.82, 2.24) is 9.97 Å². The largest absolute Gasteiger partial charge is 0.394 e. The van der Waals surface area contributed by atoms with Crippen molar-refractivity contribution in [3.05, 3.63) is 54.6 Å². The molecule has 2 rings (SSSR count). The van der Waals surface area contributed by atoms with E-state index in [4.69, 9.17) is 30.6 Å². The number of hydrogen-bond acceptors (Lipinski definition) is 8. The number of aryl methyl sites for hydroxylation is 1. The quantitative estimate of drug-likeness (QED) is 0.315. The molecular weight excluding hydrogens is 328 g/mol. The third kappa shape index (κ3) is 38.7. The van der Waals surface area contributed by atoms with Crippen LogP contribution >= 0.6 is 0 Å². The molecule has 1 aromatic heterocycles. The summed E-state index contributed by atoms with van der Waals surface area (Å²) in [6, 6.07) is 10.3. The lowest BCUT2D eigenvalue weighted by molar-refractivity contribution is 0.0650. The molecule has 0 unspecified atom stereocenters. The normalized spacial score (nSPS) is 7.32. The Morgan fingerprint density at radius 3 is 1.76 bits per heavy atom. The maximum Gasteiger partial charge on any atom is 0.231 e. The van der Waals surface area contributed by atoms with Crippen LogP contribution in [0.15, 0.2) is 49.1 Å². The van der Waals surface area contributed by atoms with E-state index in [1.54, 1.807) is 18.7 Å². The van der Waals surface area contributed by atoms with Gasteiger partial charge in [-0.25, -0.2) is 25.4 Å². The van der Waals surface area contributed by atoms with Gasteiger partial charge in [-0.1, -0.05) is 35.9 Å². The molecule has 0 aliphatic carbocycles. The second kappa shape index (κ2) is 29.1. The topological polar surface area (TPSA) is 160 Å². The van der Waals surface area contributed by atoms with Gasteiger partial charge in [0, 0.05) is 12.4 Å². The Kier molecular flexibility index (Phi) is 31.4. The summed E-state index contributed by atoms with van der Waals surface area (Å²) in [5.74, 6) is 0. The number of nitrogens with zero attached hydrogens (tertiary/aromatic N) is 1. The number of hydrogen-bond donors (Lipinski definition) is 5. The van der Waals surface area contributed by atoms with Crippen molar-refractivity contribution in [3.63, 3.8) is 0 Å². The molecule has 0 saturated heterocycles. The molecule has 0 aliphatic heterocycles. The van der Waals surface area contributed by atoms with Crippen molar-refractivity contribution in [2.24, 2.45) is 0 Å². The SMILES string of the molecule is Cc1ccccc1.N=C=O.N=C=O.OCCOCCO.c1c[nH]cn1. The summed E-state index contributed by atoms with van der Waals surface area (Å²) in [5.41, 5.74) is 1.32. The molecular formula is C16H24N4O5. The average Bonchev–Trinajstić information content (AvgIpc) is 3.18. The van der Waals surface area contributed by atoms with Crippen LogP contribution in [0.2, 0.25) is 0 Å². The number of aliphatic hydroxyl groups is 2. The van der Waals surface area contributed by atoms with Gasteiger partial charge in [0.1, 0.15) is 0 Å². The molecule has 0 fully saturated rings. The van der Waals surface area contributed by atoms with Crippen molar-refractivity contribution >= 4 is 12.2 Å². The smallest absolute Gasteiger partial charge is 0.231 e. The van der Waals surface area contributed by atoms with Gasteiger partial charge in [-0.3, -0.25) is 0 Å². The number of aliphatic hydroxyl groups excluding tert-OH is 2. The van der Waals surface area contributed by atoms with Crippen LogP contribution in [0.25, 0.3) is 0 Å². The summed E-state index contributed by atoms with van der Waals surface area (Å²) in [5, 5.41) is 27.0. The van der Waals surface area contributed by atoms with E-state index in [1.165, 1.54) is 5.56 Å². The minimum atomic E-state index is 0.0278. The van der Waals surface area contributed by atoms with Gasteiger partial charge < -0.3 is 19.9 Å². The maximum absolute atomic E-state index is 8.35. The zero-order chi connectivity index (χ0) is 19.6. The third-order valence-electron chi connectivity index (χ3n) is 1.82. The zero-order valence-electron chi connectivity index (χ0n) is 14.0. The van der Waals surface area contributed by atoms with Crippen molar-refractivity contribution in [1.29, 1.82) is 10.8 Å². The van der Waals surface area contributed by atoms with Gasteiger partial charge in [-0.2, -0.15) is 0 Å². The first-order valence-electron chi connectivity index (χ1n) is 6.96.